The first kappa shape index (κ1) is 16.5. The molecule has 0 saturated carbocycles. The molecule has 3 N–H and O–H groups in total. The second-order valence-corrected chi connectivity index (χ2v) is 1.36. The van der Waals surface area contributed by atoms with E-state index in [1.165, 1.54) is 0 Å². The molecule has 0 aliphatic heterocycles. The highest BCUT2D eigenvalue weighted by atomic mass is 16.3. The minimum Gasteiger partial charge on any atom is -0.397 e. The number of aliphatic hydroxyl groups is 3. The van der Waals surface area contributed by atoms with Crippen molar-refractivity contribution >= 4 is 0 Å². The highest BCUT2D eigenvalue weighted by molar-refractivity contribution is 4.10. The predicted molar refractivity (Wildman–Crippen MR) is 42.9 cm³/mol. The van der Waals surface area contributed by atoms with Crippen molar-refractivity contribution in [3.05, 3.63) is 0 Å². The topological polar surface area (TPSA) is 60.7 Å². The highest BCUT2D eigenvalue weighted by Crippen LogP contribution is 1.61. The standard InChI is InChI=1S/C3H8O.2C2H6O/c1-2-3-4;2*1-2-3/h4H,2-3H2,1H3;2*3H,2H2,1H3. The summed E-state index contributed by atoms with van der Waals surface area (Å²) in [6.07, 6.45) is 0.875. The van der Waals surface area contributed by atoms with Crippen molar-refractivity contribution in [2.75, 3.05) is 19.8 Å². The zero-order chi connectivity index (χ0) is 8.83. The van der Waals surface area contributed by atoms with E-state index in [2.05, 4.69) is 0 Å². The smallest absolute Gasteiger partial charge is 0.0428 e. The second kappa shape index (κ2) is 36.6. The van der Waals surface area contributed by atoms with Gasteiger partial charge in [0.1, 0.15) is 0 Å². The molecule has 0 aromatic heterocycles. The molecule has 0 amide bonds. The number of hydrogen-bond acceptors (Lipinski definition) is 3. The van der Waals surface area contributed by atoms with Gasteiger partial charge in [-0.3, -0.25) is 0 Å². The molecule has 0 aliphatic rings. The van der Waals surface area contributed by atoms with Crippen LogP contribution in [-0.2, 0) is 0 Å². The van der Waals surface area contributed by atoms with E-state index in [1.807, 2.05) is 6.92 Å². The number of aliphatic hydroxyl groups excluding tert-OH is 3. The number of rotatable bonds is 1. The molecule has 0 radical (unpaired) electrons. The van der Waals surface area contributed by atoms with Gasteiger partial charge in [0.15, 0.2) is 0 Å². The fourth-order valence-corrected chi connectivity index (χ4v) is 0. The van der Waals surface area contributed by atoms with Crippen molar-refractivity contribution < 1.29 is 15.3 Å². The van der Waals surface area contributed by atoms with Crippen LogP contribution in [0.1, 0.15) is 27.2 Å². The first-order valence-corrected chi connectivity index (χ1v) is 3.57. The van der Waals surface area contributed by atoms with E-state index >= 15 is 0 Å². The van der Waals surface area contributed by atoms with Gasteiger partial charge in [-0.1, -0.05) is 6.92 Å². The van der Waals surface area contributed by atoms with Gasteiger partial charge in [-0.25, -0.2) is 0 Å². The molecule has 0 atom stereocenters. The van der Waals surface area contributed by atoms with Crippen LogP contribution in [0.2, 0.25) is 0 Å². The van der Waals surface area contributed by atoms with E-state index in [9.17, 15) is 0 Å². The van der Waals surface area contributed by atoms with Crippen LogP contribution >= 0.6 is 0 Å². The van der Waals surface area contributed by atoms with E-state index in [-0.39, 0.29) is 13.2 Å². The maximum absolute atomic E-state index is 7.88. The lowest BCUT2D eigenvalue weighted by Gasteiger charge is -1.69. The van der Waals surface area contributed by atoms with Crippen LogP contribution in [0.3, 0.4) is 0 Å². The van der Waals surface area contributed by atoms with Gasteiger partial charge in [-0.15, -0.1) is 0 Å². The van der Waals surface area contributed by atoms with Crippen molar-refractivity contribution in [1.29, 1.82) is 0 Å². The largest absolute Gasteiger partial charge is 0.397 e. The molecular weight excluding hydrogens is 132 g/mol. The van der Waals surface area contributed by atoms with Crippen molar-refractivity contribution in [3.8, 4) is 0 Å². The van der Waals surface area contributed by atoms with Crippen molar-refractivity contribution in [3.63, 3.8) is 0 Å². The quantitative estimate of drug-likeness (QED) is 0.509. The van der Waals surface area contributed by atoms with Gasteiger partial charge >= 0.3 is 0 Å². The lowest BCUT2D eigenvalue weighted by molar-refractivity contribution is 0.295. The van der Waals surface area contributed by atoms with Crippen LogP contribution in [-0.4, -0.2) is 35.1 Å². The normalized spacial score (nSPS) is 6.60. The summed E-state index contributed by atoms with van der Waals surface area (Å²) in [5, 5.41) is 23.0. The minimum absolute atomic E-state index is 0.250. The lowest BCUT2D eigenvalue weighted by Crippen LogP contribution is -1.69. The van der Waals surface area contributed by atoms with Crippen molar-refractivity contribution in [2.45, 2.75) is 27.2 Å². The molecule has 0 unspecified atom stereocenters. The molecule has 0 bridgehead atoms. The molecule has 3 nitrogen and oxygen atoms in total. The van der Waals surface area contributed by atoms with E-state index in [4.69, 9.17) is 15.3 Å². The molecule has 0 spiro atoms. The van der Waals surface area contributed by atoms with Crippen LogP contribution in [0.4, 0.5) is 0 Å². The predicted octanol–water partition coefficient (Wildman–Crippen LogP) is 0.386. The zero-order valence-corrected chi connectivity index (χ0v) is 7.17. The summed E-state index contributed by atoms with van der Waals surface area (Å²) in [7, 11) is 0. The summed E-state index contributed by atoms with van der Waals surface area (Å²) in [6, 6.07) is 0. The third kappa shape index (κ3) is 482. The molecule has 0 aliphatic carbocycles. The van der Waals surface area contributed by atoms with Gasteiger partial charge in [0.05, 0.1) is 0 Å². The Morgan fingerprint density at radius 1 is 0.800 bits per heavy atom. The Labute approximate surface area is 63.3 Å². The Kier molecular flexibility index (Phi) is 60.3. The highest BCUT2D eigenvalue weighted by Gasteiger charge is 1.57. The molecule has 10 heavy (non-hydrogen) atoms. The summed E-state index contributed by atoms with van der Waals surface area (Å²) < 4.78 is 0. The Morgan fingerprint density at radius 2 is 0.900 bits per heavy atom. The first-order valence-electron chi connectivity index (χ1n) is 3.57. The van der Waals surface area contributed by atoms with Gasteiger partial charge in [0, 0.05) is 19.8 Å². The third-order valence-electron chi connectivity index (χ3n) is 0.224. The fourth-order valence-electron chi connectivity index (χ4n) is 0. The number of hydrogen-bond donors (Lipinski definition) is 3. The van der Waals surface area contributed by atoms with Gasteiger partial charge in [-0.05, 0) is 20.3 Å². The SMILES string of the molecule is CCCO.CCO.CCO. The van der Waals surface area contributed by atoms with Crippen LogP contribution < -0.4 is 0 Å². The maximum Gasteiger partial charge on any atom is 0.0428 e. The van der Waals surface area contributed by atoms with Crippen molar-refractivity contribution in [2.24, 2.45) is 0 Å². The molecule has 0 heterocycles. The monoisotopic (exact) mass is 152 g/mol. The third-order valence-corrected chi connectivity index (χ3v) is 0.224. The summed E-state index contributed by atoms with van der Waals surface area (Å²) in [4.78, 5) is 0. The van der Waals surface area contributed by atoms with Crippen molar-refractivity contribution in [1.82, 2.24) is 0 Å². The first-order chi connectivity index (χ1) is 4.74. The van der Waals surface area contributed by atoms with Gasteiger partial charge in [-0.2, -0.15) is 0 Å². The average molecular weight is 152 g/mol. The van der Waals surface area contributed by atoms with Gasteiger partial charge in [0.2, 0.25) is 0 Å². The Morgan fingerprint density at radius 3 is 0.900 bits per heavy atom. The molecule has 0 aromatic rings. The van der Waals surface area contributed by atoms with Crippen LogP contribution in [0.25, 0.3) is 0 Å². The van der Waals surface area contributed by atoms with E-state index in [0.29, 0.717) is 6.61 Å². The van der Waals surface area contributed by atoms with E-state index in [0.717, 1.165) is 6.42 Å². The Hall–Kier alpha value is -0.120. The Bertz CT molecular complexity index is 20.8. The zero-order valence-electron chi connectivity index (χ0n) is 7.17. The Balaban J connectivity index is -0.0000000750. The minimum atomic E-state index is 0.250. The molecule has 0 rings (SSSR count). The van der Waals surface area contributed by atoms with Crippen LogP contribution in [0.5, 0.6) is 0 Å². The lowest BCUT2D eigenvalue weighted by atomic mass is 10.5. The average Bonchev–Trinajstić information content (AvgIpc) is 1.91. The maximum atomic E-state index is 7.88. The van der Waals surface area contributed by atoms with Gasteiger partial charge < -0.3 is 15.3 Å². The fraction of sp³-hybridized carbons (Fsp3) is 1.00. The molecule has 66 valence electrons. The summed E-state index contributed by atoms with van der Waals surface area (Å²) in [5.41, 5.74) is 0. The molecular formula is C7H20O3. The van der Waals surface area contributed by atoms with Gasteiger partial charge in [0.25, 0.3) is 0 Å². The van der Waals surface area contributed by atoms with Crippen LogP contribution in [0.15, 0.2) is 0 Å². The van der Waals surface area contributed by atoms with E-state index in [1.54, 1.807) is 13.8 Å². The van der Waals surface area contributed by atoms with E-state index < -0.39 is 0 Å². The van der Waals surface area contributed by atoms with Crippen LogP contribution in [0, 0.1) is 0 Å². The molecule has 0 aromatic carbocycles. The second-order valence-electron chi connectivity index (χ2n) is 1.36. The molecule has 3 heteroatoms. The summed E-state index contributed by atoms with van der Waals surface area (Å²) >= 11 is 0. The molecule has 0 saturated heterocycles. The summed E-state index contributed by atoms with van der Waals surface area (Å²) in [5.74, 6) is 0. The molecule has 0 fully saturated rings. The summed E-state index contributed by atoms with van der Waals surface area (Å²) in [6.45, 7) is 6.11.